The van der Waals surface area contributed by atoms with E-state index in [1.54, 1.807) is 25.1 Å². The van der Waals surface area contributed by atoms with Crippen LogP contribution in [0.5, 0.6) is 0 Å². The average Bonchev–Trinajstić information content (AvgIpc) is 2.96. The lowest BCUT2D eigenvalue weighted by Gasteiger charge is -2.25. The van der Waals surface area contributed by atoms with Crippen LogP contribution in [0.4, 0.5) is 0 Å². The highest BCUT2D eigenvalue weighted by molar-refractivity contribution is 6.35. The van der Waals surface area contributed by atoms with Gasteiger partial charge in [-0.2, -0.15) is 0 Å². The first-order valence-corrected chi connectivity index (χ1v) is 8.27. The number of carbonyl (C=O) groups is 2. The van der Waals surface area contributed by atoms with Gasteiger partial charge in [0.1, 0.15) is 0 Å². The molecule has 0 bridgehead atoms. The summed E-state index contributed by atoms with van der Waals surface area (Å²) in [5.41, 5.74) is 0.793. The number of rotatable bonds is 5. The molecule has 7 heteroatoms. The maximum Gasteiger partial charge on any atom is 0.307 e. The minimum absolute atomic E-state index is 0.144. The molecule has 2 N–H and O–H groups in total. The van der Waals surface area contributed by atoms with E-state index < -0.39 is 11.9 Å². The number of likely N-dealkylation sites (tertiary alicyclic amines) is 1. The van der Waals surface area contributed by atoms with E-state index in [1.807, 2.05) is 11.8 Å². The van der Waals surface area contributed by atoms with Crippen molar-refractivity contribution in [1.82, 2.24) is 10.2 Å². The lowest BCUT2D eigenvalue weighted by Crippen LogP contribution is -2.45. The number of nitrogens with one attached hydrogen (secondary N) is 1. The number of halogens is 2. The van der Waals surface area contributed by atoms with Crippen molar-refractivity contribution in [3.63, 3.8) is 0 Å². The number of carboxylic acid groups (broad SMARTS) is 1. The molecular formula is C16H20Cl2N2O3. The minimum atomic E-state index is -0.804. The van der Waals surface area contributed by atoms with E-state index in [-0.39, 0.29) is 18.0 Å². The van der Waals surface area contributed by atoms with Crippen LogP contribution < -0.4 is 5.32 Å². The number of benzene rings is 1. The second-order valence-electron chi connectivity index (χ2n) is 5.89. The van der Waals surface area contributed by atoms with Crippen LogP contribution in [0.25, 0.3) is 0 Å². The van der Waals surface area contributed by atoms with E-state index in [0.29, 0.717) is 29.6 Å². The van der Waals surface area contributed by atoms with Gasteiger partial charge < -0.3 is 10.4 Å². The van der Waals surface area contributed by atoms with Gasteiger partial charge in [-0.3, -0.25) is 14.5 Å². The molecule has 126 valence electrons. The Hall–Kier alpha value is -1.30. The summed E-state index contributed by atoms with van der Waals surface area (Å²) in [6.45, 7) is 4.65. The highest BCUT2D eigenvalue weighted by Crippen LogP contribution is 2.26. The number of carbonyl (C=O) groups excluding carboxylic acids is 1. The monoisotopic (exact) mass is 358 g/mol. The Morgan fingerprint density at radius 1 is 1.35 bits per heavy atom. The Kier molecular flexibility index (Phi) is 5.89. The van der Waals surface area contributed by atoms with E-state index in [0.717, 1.165) is 5.56 Å². The van der Waals surface area contributed by atoms with Gasteiger partial charge in [0.2, 0.25) is 5.91 Å². The highest BCUT2D eigenvalue weighted by Gasteiger charge is 2.33. The van der Waals surface area contributed by atoms with Crippen LogP contribution in [0.3, 0.4) is 0 Å². The van der Waals surface area contributed by atoms with Gasteiger partial charge in [-0.15, -0.1) is 0 Å². The van der Waals surface area contributed by atoms with Gasteiger partial charge in [-0.05, 0) is 44.5 Å². The molecule has 2 rings (SSSR count). The number of aliphatic carboxylic acids is 1. The molecule has 1 aliphatic rings. The predicted octanol–water partition coefficient (Wildman–Crippen LogP) is 2.97. The van der Waals surface area contributed by atoms with Gasteiger partial charge in [0, 0.05) is 16.6 Å². The zero-order valence-corrected chi connectivity index (χ0v) is 14.6. The van der Waals surface area contributed by atoms with Crippen molar-refractivity contribution >= 4 is 35.1 Å². The van der Waals surface area contributed by atoms with Crippen LogP contribution in [0.2, 0.25) is 10.0 Å². The van der Waals surface area contributed by atoms with Crippen LogP contribution in [-0.2, 0) is 9.59 Å². The summed E-state index contributed by atoms with van der Waals surface area (Å²) < 4.78 is 0. The SMILES string of the molecule is CC(NC(=O)C(C)N1CCC(C(=O)O)C1)c1ccc(Cl)cc1Cl. The molecular weight excluding hydrogens is 339 g/mol. The topological polar surface area (TPSA) is 69.6 Å². The van der Waals surface area contributed by atoms with Gasteiger partial charge in [-0.1, -0.05) is 29.3 Å². The van der Waals surface area contributed by atoms with Crippen molar-refractivity contribution in [2.45, 2.75) is 32.4 Å². The van der Waals surface area contributed by atoms with Crippen molar-refractivity contribution in [1.29, 1.82) is 0 Å². The molecule has 1 fully saturated rings. The lowest BCUT2D eigenvalue weighted by molar-refractivity contribution is -0.141. The number of carboxylic acids is 1. The minimum Gasteiger partial charge on any atom is -0.481 e. The first-order chi connectivity index (χ1) is 10.8. The largest absolute Gasteiger partial charge is 0.481 e. The quantitative estimate of drug-likeness (QED) is 0.848. The highest BCUT2D eigenvalue weighted by atomic mass is 35.5. The van der Waals surface area contributed by atoms with Crippen molar-refractivity contribution < 1.29 is 14.7 Å². The number of hydrogen-bond donors (Lipinski definition) is 2. The molecule has 1 heterocycles. The Bertz CT molecular complexity index is 609. The Morgan fingerprint density at radius 3 is 2.61 bits per heavy atom. The predicted molar refractivity (Wildman–Crippen MR) is 89.8 cm³/mol. The van der Waals surface area contributed by atoms with Gasteiger partial charge in [0.15, 0.2) is 0 Å². The summed E-state index contributed by atoms with van der Waals surface area (Å²) in [5, 5.41) is 13.0. The first-order valence-electron chi connectivity index (χ1n) is 7.51. The van der Waals surface area contributed by atoms with Crippen molar-refractivity contribution in [3.8, 4) is 0 Å². The fourth-order valence-electron chi connectivity index (χ4n) is 2.77. The van der Waals surface area contributed by atoms with E-state index in [4.69, 9.17) is 28.3 Å². The molecule has 3 unspecified atom stereocenters. The van der Waals surface area contributed by atoms with E-state index >= 15 is 0 Å². The Morgan fingerprint density at radius 2 is 2.04 bits per heavy atom. The van der Waals surface area contributed by atoms with Gasteiger partial charge in [-0.25, -0.2) is 0 Å². The second-order valence-corrected chi connectivity index (χ2v) is 6.73. The lowest BCUT2D eigenvalue weighted by atomic mass is 10.1. The number of amides is 1. The molecule has 0 aromatic heterocycles. The normalized spacial score (nSPS) is 21.0. The van der Waals surface area contributed by atoms with Crippen molar-refractivity contribution in [2.75, 3.05) is 13.1 Å². The first kappa shape index (κ1) is 18.0. The summed E-state index contributed by atoms with van der Waals surface area (Å²) in [6.07, 6.45) is 0.575. The average molecular weight is 359 g/mol. The molecule has 1 aliphatic heterocycles. The third-order valence-corrected chi connectivity index (χ3v) is 4.85. The van der Waals surface area contributed by atoms with Crippen LogP contribution in [0.15, 0.2) is 18.2 Å². The number of nitrogens with zero attached hydrogens (tertiary/aromatic N) is 1. The maximum absolute atomic E-state index is 12.4. The van der Waals surface area contributed by atoms with Gasteiger partial charge in [0.05, 0.1) is 18.0 Å². The third kappa shape index (κ3) is 4.37. The third-order valence-electron chi connectivity index (χ3n) is 4.28. The zero-order valence-electron chi connectivity index (χ0n) is 13.1. The fraction of sp³-hybridized carbons (Fsp3) is 0.500. The number of hydrogen-bond acceptors (Lipinski definition) is 3. The molecule has 0 radical (unpaired) electrons. The fourth-order valence-corrected chi connectivity index (χ4v) is 3.34. The van der Waals surface area contributed by atoms with Gasteiger partial charge in [0.25, 0.3) is 0 Å². The van der Waals surface area contributed by atoms with Crippen LogP contribution in [-0.4, -0.2) is 41.0 Å². The molecule has 23 heavy (non-hydrogen) atoms. The molecule has 1 amide bonds. The standard InChI is InChI=1S/C16H20Cl2N2O3/c1-9(13-4-3-12(17)7-14(13)18)19-15(21)10(2)20-6-5-11(8-20)16(22)23/h3-4,7,9-11H,5-6,8H2,1-2H3,(H,19,21)(H,22,23). The molecule has 0 saturated carbocycles. The molecule has 1 aromatic rings. The molecule has 1 aromatic carbocycles. The van der Waals surface area contributed by atoms with Crippen LogP contribution in [0.1, 0.15) is 31.9 Å². The Labute approximate surface area is 145 Å². The van der Waals surface area contributed by atoms with Gasteiger partial charge >= 0.3 is 5.97 Å². The van der Waals surface area contributed by atoms with Crippen molar-refractivity contribution in [2.24, 2.45) is 5.92 Å². The van der Waals surface area contributed by atoms with E-state index in [2.05, 4.69) is 5.32 Å². The van der Waals surface area contributed by atoms with E-state index in [1.165, 1.54) is 0 Å². The van der Waals surface area contributed by atoms with Crippen LogP contribution >= 0.6 is 23.2 Å². The molecule has 0 aliphatic carbocycles. The Balaban J connectivity index is 1.97. The summed E-state index contributed by atoms with van der Waals surface area (Å²) in [4.78, 5) is 25.3. The maximum atomic E-state index is 12.4. The summed E-state index contributed by atoms with van der Waals surface area (Å²) in [5.74, 6) is -1.34. The van der Waals surface area contributed by atoms with Crippen LogP contribution in [0, 0.1) is 5.92 Å². The van der Waals surface area contributed by atoms with E-state index in [9.17, 15) is 9.59 Å². The molecule has 3 atom stereocenters. The molecule has 1 saturated heterocycles. The van der Waals surface area contributed by atoms with Crippen molar-refractivity contribution in [3.05, 3.63) is 33.8 Å². The zero-order chi connectivity index (χ0) is 17.1. The molecule has 0 spiro atoms. The second kappa shape index (κ2) is 7.51. The molecule has 5 nitrogen and oxygen atoms in total. The smallest absolute Gasteiger partial charge is 0.307 e. The summed E-state index contributed by atoms with van der Waals surface area (Å²) in [6, 6.07) is 4.52. The summed E-state index contributed by atoms with van der Waals surface area (Å²) >= 11 is 12.0. The summed E-state index contributed by atoms with van der Waals surface area (Å²) in [7, 11) is 0.